The average Bonchev–Trinajstić information content (AvgIpc) is 2.93. The van der Waals surface area contributed by atoms with Crippen LogP contribution in [0.25, 0.3) is 0 Å². The fourth-order valence-electron chi connectivity index (χ4n) is 1.71. The van der Waals surface area contributed by atoms with Crippen molar-refractivity contribution >= 4 is 11.8 Å². The minimum Gasteiger partial charge on any atom is -0.379 e. The smallest absolute Gasteiger partial charge is 0.239 e. The molecule has 1 heterocycles. The summed E-state index contributed by atoms with van der Waals surface area (Å²) >= 11 is 0. The van der Waals surface area contributed by atoms with Crippen molar-refractivity contribution in [2.24, 2.45) is 5.73 Å². The Labute approximate surface area is 113 Å². The monoisotopic (exact) mass is 273 g/mol. The molecule has 7 heteroatoms. The van der Waals surface area contributed by atoms with Gasteiger partial charge in [-0.05, 0) is 19.3 Å². The third-order valence-corrected chi connectivity index (χ3v) is 2.75. The first-order chi connectivity index (χ1) is 9.22. The Balaban J connectivity index is 1.86. The van der Waals surface area contributed by atoms with Crippen LogP contribution in [0, 0.1) is 0 Å². The van der Waals surface area contributed by atoms with E-state index in [0.717, 1.165) is 25.9 Å². The van der Waals surface area contributed by atoms with Gasteiger partial charge in [0, 0.05) is 19.8 Å². The number of carbonyl (C=O) groups is 2. The van der Waals surface area contributed by atoms with Gasteiger partial charge in [-0.1, -0.05) is 0 Å². The van der Waals surface area contributed by atoms with Crippen LogP contribution in [-0.2, 0) is 19.1 Å². The van der Waals surface area contributed by atoms with E-state index in [-0.39, 0.29) is 31.0 Å². The van der Waals surface area contributed by atoms with Crippen molar-refractivity contribution in [3.05, 3.63) is 0 Å². The lowest BCUT2D eigenvalue weighted by Gasteiger charge is -2.10. The fraction of sp³-hybridized carbons (Fsp3) is 0.833. The van der Waals surface area contributed by atoms with Crippen LogP contribution in [0.2, 0.25) is 0 Å². The van der Waals surface area contributed by atoms with E-state index < -0.39 is 0 Å². The van der Waals surface area contributed by atoms with Crippen LogP contribution in [0.5, 0.6) is 0 Å². The molecule has 1 atom stereocenters. The third kappa shape index (κ3) is 7.76. The quantitative estimate of drug-likeness (QED) is 0.456. The van der Waals surface area contributed by atoms with E-state index in [2.05, 4.69) is 10.6 Å². The molecule has 110 valence electrons. The van der Waals surface area contributed by atoms with Crippen molar-refractivity contribution in [2.45, 2.75) is 25.4 Å². The first kappa shape index (κ1) is 15.9. The van der Waals surface area contributed by atoms with Crippen LogP contribution < -0.4 is 16.4 Å². The Bertz CT molecular complexity index is 280. The van der Waals surface area contributed by atoms with Crippen molar-refractivity contribution in [3.63, 3.8) is 0 Å². The predicted octanol–water partition coefficient (Wildman–Crippen LogP) is -1.24. The summed E-state index contributed by atoms with van der Waals surface area (Å²) in [7, 11) is 0. The highest BCUT2D eigenvalue weighted by atomic mass is 16.5. The van der Waals surface area contributed by atoms with Crippen molar-refractivity contribution < 1.29 is 19.1 Å². The number of hydrogen-bond donors (Lipinski definition) is 3. The molecule has 1 aliphatic heterocycles. The maximum Gasteiger partial charge on any atom is 0.239 e. The molecule has 19 heavy (non-hydrogen) atoms. The molecular formula is C12H23N3O4. The molecule has 0 aromatic carbocycles. The number of hydrogen-bond acceptors (Lipinski definition) is 5. The molecule has 0 radical (unpaired) electrons. The zero-order valence-corrected chi connectivity index (χ0v) is 11.2. The Morgan fingerprint density at radius 2 is 2.16 bits per heavy atom. The average molecular weight is 273 g/mol. The lowest BCUT2D eigenvalue weighted by molar-refractivity contribution is -0.125. The lowest BCUT2D eigenvalue weighted by Crippen LogP contribution is -2.39. The van der Waals surface area contributed by atoms with E-state index in [9.17, 15) is 9.59 Å². The van der Waals surface area contributed by atoms with Gasteiger partial charge in [0.2, 0.25) is 11.8 Å². The normalized spacial score (nSPS) is 18.3. The Hall–Kier alpha value is -1.18. The van der Waals surface area contributed by atoms with E-state index in [0.29, 0.717) is 19.8 Å². The number of rotatable bonds is 9. The van der Waals surface area contributed by atoms with Gasteiger partial charge in [0.15, 0.2) is 0 Å². The van der Waals surface area contributed by atoms with E-state index in [1.165, 1.54) is 0 Å². The first-order valence-corrected chi connectivity index (χ1v) is 6.65. The molecule has 0 aromatic heterocycles. The molecule has 1 rings (SSSR count). The second kappa shape index (κ2) is 9.71. The second-order valence-electron chi connectivity index (χ2n) is 4.39. The Kier molecular flexibility index (Phi) is 8.11. The molecule has 1 fully saturated rings. The molecule has 0 saturated carbocycles. The number of carbonyl (C=O) groups excluding carboxylic acids is 2. The molecule has 2 amide bonds. The maximum absolute atomic E-state index is 11.3. The Morgan fingerprint density at radius 3 is 2.84 bits per heavy atom. The third-order valence-electron chi connectivity index (χ3n) is 2.75. The molecule has 1 aliphatic rings. The van der Waals surface area contributed by atoms with E-state index in [4.69, 9.17) is 15.2 Å². The van der Waals surface area contributed by atoms with Crippen LogP contribution in [0.1, 0.15) is 19.3 Å². The fourth-order valence-corrected chi connectivity index (χ4v) is 1.71. The van der Waals surface area contributed by atoms with Crippen LogP contribution >= 0.6 is 0 Å². The standard InChI is InChI=1S/C12H23N3O4/c13-7-11(16)15-8-12(17)14-4-2-5-18-9-10-3-1-6-19-10/h10H,1-9,13H2,(H,14,17)(H,15,16). The van der Waals surface area contributed by atoms with Gasteiger partial charge < -0.3 is 25.8 Å². The maximum atomic E-state index is 11.3. The summed E-state index contributed by atoms with van der Waals surface area (Å²) in [5.74, 6) is -0.559. The summed E-state index contributed by atoms with van der Waals surface area (Å²) < 4.78 is 10.9. The largest absolute Gasteiger partial charge is 0.379 e. The van der Waals surface area contributed by atoms with Crippen LogP contribution in [-0.4, -0.2) is 57.4 Å². The summed E-state index contributed by atoms with van der Waals surface area (Å²) in [4.78, 5) is 22.1. The topological polar surface area (TPSA) is 103 Å². The van der Waals surface area contributed by atoms with Crippen LogP contribution in [0.4, 0.5) is 0 Å². The summed E-state index contributed by atoms with van der Waals surface area (Å²) in [5, 5.41) is 5.08. The van der Waals surface area contributed by atoms with Gasteiger partial charge in [0.1, 0.15) is 0 Å². The highest BCUT2D eigenvalue weighted by Crippen LogP contribution is 2.11. The molecule has 7 nitrogen and oxygen atoms in total. The summed E-state index contributed by atoms with van der Waals surface area (Å²) in [6.45, 7) is 2.44. The number of ether oxygens (including phenoxy) is 2. The van der Waals surface area contributed by atoms with E-state index in [1.807, 2.05) is 0 Å². The van der Waals surface area contributed by atoms with Crippen molar-refractivity contribution in [2.75, 3.05) is 39.5 Å². The summed E-state index contributed by atoms with van der Waals surface area (Å²) in [5.41, 5.74) is 5.09. The van der Waals surface area contributed by atoms with Gasteiger partial charge in [-0.3, -0.25) is 9.59 Å². The van der Waals surface area contributed by atoms with E-state index in [1.54, 1.807) is 0 Å². The SMILES string of the molecule is NCC(=O)NCC(=O)NCCCOCC1CCCO1. The number of nitrogens with two attached hydrogens (primary N) is 1. The molecule has 0 aromatic rings. The zero-order chi connectivity index (χ0) is 13.9. The Morgan fingerprint density at radius 1 is 1.32 bits per heavy atom. The van der Waals surface area contributed by atoms with E-state index >= 15 is 0 Å². The first-order valence-electron chi connectivity index (χ1n) is 6.65. The number of amides is 2. The summed E-state index contributed by atoms with van der Waals surface area (Å²) in [6.07, 6.45) is 3.15. The van der Waals surface area contributed by atoms with Gasteiger partial charge in [0.05, 0.1) is 25.8 Å². The minimum absolute atomic E-state index is 0.0349. The van der Waals surface area contributed by atoms with Gasteiger partial charge in [0.25, 0.3) is 0 Å². The van der Waals surface area contributed by atoms with Gasteiger partial charge in [-0.25, -0.2) is 0 Å². The highest BCUT2D eigenvalue weighted by molar-refractivity contribution is 5.85. The molecule has 0 spiro atoms. The van der Waals surface area contributed by atoms with Crippen molar-refractivity contribution in [1.82, 2.24) is 10.6 Å². The molecule has 1 unspecified atom stereocenters. The van der Waals surface area contributed by atoms with Crippen molar-refractivity contribution in [1.29, 1.82) is 0 Å². The lowest BCUT2D eigenvalue weighted by atomic mass is 10.2. The molecule has 4 N–H and O–H groups in total. The molecule has 0 bridgehead atoms. The molecule has 0 aliphatic carbocycles. The van der Waals surface area contributed by atoms with Gasteiger partial charge in [-0.2, -0.15) is 0 Å². The highest BCUT2D eigenvalue weighted by Gasteiger charge is 2.14. The van der Waals surface area contributed by atoms with Gasteiger partial charge >= 0.3 is 0 Å². The van der Waals surface area contributed by atoms with Gasteiger partial charge in [-0.15, -0.1) is 0 Å². The molecular weight excluding hydrogens is 250 g/mol. The minimum atomic E-state index is -0.338. The van der Waals surface area contributed by atoms with Crippen LogP contribution in [0.3, 0.4) is 0 Å². The number of nitrogens with one attached hydrogen (secondary N) is 2. The zero-order valence-electron chi connectivity index (χ0n) is 11.2. The van der Waals surface area contributed by atoms with Crippen LogP contribution in [0.15, 0.2) is 0 Å². The molecule has 1 saturated heterocycles. The summed E-state index contributed by atoms with van der Waals surface area (Å²) in [6, 6.07) is 0. The second-order valence-corrected chi connectivity index (χ2v) is 4.39. The van der Waals surface area contributed by atoms with Crippen molar-refractivity contribution in [3.8, 4) is 0 Å². The predicted molar refractivity (Wildman–Crippen MR) is 69.5 cm³/mol.